The van der Waals surface area contributed by atoms with Crippen molar-refractivity contribution in [2.24, 2.45) is 0 Å². The van der Waals surface area contributed by atoms with E-state index in [1.165, 1.54) is 11.6 Å². The van der Waals surface area contributed by atoms with E-state index in [0.29, 0.717) is 6.17 Å². The number of rotatable bonds is 1. The molecule has 2 nitrogen and oxygen atoms in total. The van der Waals surface area contributed by atoms with Crippen LogP contribution in [0.4, 0.5) is 0 Å². The maximum atomic E-state index is 3.22. The van der Waals surface area contributed by atoms with Crippen molar-refractivity contribution in [1.82, 2.24) is 10.2 Å². The van der Waals surface area contributed by atoms with Crippen molar-refractivity contribution in [3.8, 4) is 0 Å². The first-order chi connectivity index (χ1) is 3.84. The highest BCUT2D eigenvalue weighted by Crippen LogP contribution is 2.15. The second-order valence-electron chi connectivity index (χ2n) is 2.06. The average Bonchev–Trinajstić information content (AvgIpc) is 2.14. The van der Waals surface area contributed by atoms with Gasteiger partial charge < -0.3 is 5.32 Å². The van der Waals surface area contributed by atoms with Gasteiger partial charge in [-0.05, 0) is 14.1 Å². The Balaban J connectivity index is 2.30. The Bertz CT molecular complexity index is 76.8. The SMILES string of the molecule is CN[C@@H]1CSCN1C. The van der Waals surface area contributed by atoms with Gasteiger partial charge in [0.25, 0.3) is 0 Å². The lowest BCUT2D eigenvalue weighted by atomic mass is 10.5. The van der Waals surface area contributed by atoms with Crippen LogP contribution in [-0.2, 0) is 0 Å². The van der Waals surface area contributed by atoms with E-state index in [0.717, 1.165) is 0 Å². The van der Waals surface area contributed by atoms with Crippen molar-refractivity contribution in [3.63, 3.8) is 0 Å². The van der Waals surface area contributed by atoms with E-state index in [-0.39, 0.29) is 0 Å². The molecule has 0 aromatic carbocycles. The molecule has 0 spiro atoms. The zero-order chi connectivity index (χ0) is 5.98. The minimum Gasteiger partial charge on any atom is -0.304 e. The molecule has 48 valence electrons. The minimum absolute atomic E-state index is 0.611. The monoisotopic (exact) mass is 132 g/mol. The molecule has 0 radical (unpaired) electrons. The second-order valence-corrected chi connectivity index (χ2v) is 3.06. The van der Waals surface area contributed by atoms with E-state index in [9.17, 15) is 0 Å². The topological polar surface area (TPSA) is 15.3 Å². The third-order valence-electron chi connectivity index (χ3n) is 1.44. The molecule has 1 N–H and O–H groups in total. The normalized spacial score (nSPS) is 31.5. The van der Waals surface area contributed by atoms with Crippen LogP contribution in [0, 0.1) is 0 Å². The van der Waals surface area contributed by atoms with E-state index in [1.807, 2.05) is 18.8 Å². The van der Waals surface area contributed by atoms with Gasteiger partial charge in [0.15, 0.2) is 0 Å². The molecule has 0 amide bonds. The van der Waals surface area contributed by atoms with E-state index in [4.69, 9.17) is 0 Å². The van der Waals surface area contributed by atoms with Crippen LogP contribution in [-0.4, -0.2) is 36.8 Å². The van der Waals surface area contributed by atoms with E-state index in [1.54, 1.807) is 0 Å². The molecular formula is C5H12N2S. The molecule has 1 saturated heterocycles. The summed E-state index contributed by atoms with van der Waals surface area (Å²) in [6, 6.07) is 0. The van der Waals surface area contributed by atoms with E-state index < -0.39 is 0 Å². The van der Waals surface area contributed by atoms with Gasteiger partial charge >= 0.3 is 0 Å². The van der Waals surface area contributed by atoms with Gasteiger partial charge in [-0.3, -0.25) is 4.90 Å². The van der Waals surface area contributed by atoms with Crippen molar-refractivity contribution in [1.29, 1.82) is 0 Å². The fraction of sp³-hybridized carbons (Fsp3) is 1.00. The summed E-state index contributed by atoms with van der Waals surface area (Å²) in [5.41, 5.74) is 0. The van der Waals surface area contributed by atoms with Crippen molar-refractivity contribution >= 4 is 11.8 Å². The van der Waals surface area contributed by atoms with Crippen LogP contribution in [0.3, 0.4) is 0 Å². The third kappa shape index (κ3) is 1.16. The lowest BCUT2D eigenvalue weighted by molar-refractivity contribution is 0.290. The molecular weight excluding hydrogens is 120 g/mol. The molecule has 1 atom stereocenters. The molecule has 0 saturated carbocycles. The third-order valence-corrected chi connectivity index (χ3v) is 2.58. The van der Waals surface area contributed by atoms with Gasteiger partial charge in [-0.1, -0.05) is 0 Å². The molecule has 1 heterocycles. The molecule has 0 unspecified atom stereocenters. The Kier molecular flexibility index (Phi) is 2.16. The van der Waals surface area contributed by atoms with Crippen LogP contribution >= 0.6 is 11.8 Å². The number of nitrogens with one attached hydrogen (secondary N) is 1. The van der Waals surface area contributed by atoms with Crippen LogP contribution in [0.15, 0.2) is 0 Å². The van der Waals surface area contributed by atoms with Gasteiger partial charge in [-0.2, -0.15) is 0 Å². The molecule has 1 rings (SSSR count). The van der Waals surface area contributed by atoms with Crippen LogP contribution in [0.5, 0.6) is 0 Å². The predicted molar refractivity (Wildman–Crippen MR) is 37.9 cm³/mol. The summed E-state index contributed by atoms with van der Waals surface area (Å²) in [7, 11) is 4.15. The Morgan fingerprint density at radius 1 is 1.75 bits per heavy atom. The summed E-state index contributed by atoms with van der Waals surface area (Å²) < 4.78 is 0. The summed E-state index contributed by atoms with van der Waals surface area (Å²) >= 11 is 1.98. The smallest absolute Gasteiger partial charge is 0.0692 e. The highest BCUT2D eigenvalue weighted by molar-refractivity contribution is 7.99. The highest BCUT2D eigenvalue weighted by Gasteiger charge is 2.18. The van der Waals surface area contributed by atoms with E-state index in [2.05, 4.69) is 17.3 Å². The zero-order valence-corrected chi connectivity index (χ0v) is 6.16. The first kappa shape index (κ1) is 6.39. The Morgan fingerprint density at radius 2 is 2.50 bits per heavy atom. The van der Waals surface area contributed by atoms with Crippen molar-refractivity contribution in [3.05, 3.63) is 0 Å². The van der Waals surface area contributed by atoms with Crippen molar-refractivity contribution in [2.75, 3.05) is 25.7 Å². The average molecular weight is 132 g/mol. The maximum Gasteiger partial charge on any atom is 0.0692 e. The Morgan fingerprint density at radius 3 is 2.75 bits per heavy atom. The van der Waals surface area contributed by atoms with E-state index >= 15 is 0 Å². The zero-order valence-electron chi connectivity index (χ0n) is 5.35. The van der Waals surface area contributed by atoms with Crippen LogP contribution < -0.4 is 5.32 Å². The number of nitrogens with zero attached hydrogens (tertiary/aromatic N) is 1. The quantitative estimate of drug-likeness (QED) is 0.547. The molecule has 8 heavy (non-hydrogen) atoms. The van der Waals surface area contributed by atoms with Crippen LogP contribution in [0.2, 0.25) is 0 Å². The van der Waals surface area contributed by atoms with Crippen LogP contribution in [0.1, 0.15) is 0 Å². The van der Waals surface area contributed by atoms with Crippen molar-refractivity contribution in [2.45, 2.75) is 6.17 Å². The molecule has 0 aromatic heterocycles. The first-order valence-electron chi connectivity index (χ1n) is 2.80. The molecule has 1 aliphatic heterocycles. The summed E-state index contributed by atoms with van der Waals surface area (Å²) in [6.07, 6.45) is 0.611. The predicted octanol–water partition coefficient (Wildman–Crippen LogP) is 0.168. The van der Waals surface area contributed by atoms with Gasteiger partial charge in [0.05, 0.1) is 6.17 Å². The summed E-state index contributed by atoms with van der Waals surface area (Å²) in [5, 5.41) is 3.22. The molecule has 1 aliphatic rings. The van der Waals surface area contributed by atoms with Crippen molar-refractivity contribution < 1.29 is 0 Å². The minimum atomic E-state index is 0.611. The van der Waals surface area contributed by atoms with Gasteiger partial charge in [0, 0.05) is 11.6 Å². The fourth-order valence-electron chi connectivity index (χ4n) is 0.829. The molecule has 3 heteroatoms. The summed E-state index contributed by atoms with van der Waals surface area (Å²) in [6.45, 7) is 0. The summed E-state index contributed by atoms with van der Waals surface area (Å²) in [4.78, 5) is 2.31. The maximum absolute atomic E-state index is 3.22. The lowest BCUT2D eigenvalue weighted by Crippen LogP contribution is -2.37. The number of hydrogen-bond acceptors (Lipinski definition) is 3. The van der Waals surface area contributed by atoms with Crippen LogP contribution in [0.25, 0.3) is 0 Å². The number of thioether (sulfide) groups is 1. The fourth-order valence-corrected chi connectivity index (χ4v) is 2.05. The number of hydrogen-bond donors (Lipinski definition) is 1. The molecule has 0 bridgehead atoms. The van der Waals surface area contributed by atoms with Gasteiger partial charge in [0.2, 0.25) is 0 Å². The first-order valence-corrected chi connectivity index (χ1v) is 3.95. The van der Waals surface area contributed by atoms with Gasteiger partial charge in [-0.15, -0.1) is 11.8 Å². The van der Waals surface area contributed by atoms with Gasteiger partial charge in [-0.25, -0.2) is 0 Å². The Labute approximate surface area is 54.6 Å². The standard InChI is InChI=1S/C5H12N2S/c1-6-5-3-8-4-7(5)2/h5-6H,3-4H2,1-2H3/t5-/m0/s1. The molecule has 0 aliphatic carbocycles. The molecule has 1 fully saturated rings. The Hall–Kier alpha value is 0.270. The lowest BCUT2D eigenvalue weighted by Gasteiger charge is -2.16. The molecule has 0 aromatic rings. The second kappa shape index (κ2) is 2.71. The largest absolute Gasteiger partial charge is 0.304 e. The summed E-state index contributed by atoms with van der Waals surface area (Å²) in [5.74, 6) is 2.40. The van der Waals surface area contributed by atoms with Gasteiger partial charge in [0.1, 0.15) is 0 Å². The highest BCUT2D eigenvalue weighted by atomic mass is 32.2.